The van der Waals surface area contributed by atoms with Crippen molar-refractivity contribution >= 4 is 69.0 Å². The highest BCUT2D eigenvalue weighted by atomic mass is 127. The number of pyridine rings is 1. The smallest absolute Gasteiger partial charge is 0.336 e. The number of amides is 1. The van der Waals surface area contributed by atoms with Gasteiger partial charge in [-0.1, -0.05) is 6.07 Å². The molecule has 222 valence electrons. The van der Waals surface area contributed by atoms with Crippen molar-refractivity contribution in [3.63, 3.8) is 0 Å². The summed E-state index contributed by atoms with van der Waals surface area (Å²) in [7, 11) is 5.09. The Kier molecular flexibility index (Phi) is 9.00. The lowest BCUT2D eigenvalue weighted by molar-refractivity contribution is -0.119. The van der Waals surface area contributed by atoms with Gasteiger partial charge in [0.05, 0.1) is 22.9 Å². The lowest BCUT2D eigenvalue weighted by atomic mass is 10.1. The summed E-state index contributed by atoms with van der Waals surface area (Å²) >= 11 is 2.00. The molecule has 2 aromatic carbocycles. The predicted octanol–water partition coefficient (Wildman–Crippen LogP) is 4.29. The molecule has 0 spiro atoms. The monoisotopic (exact) mass is 708 g/mol. The molecule has 1 aliphatic rings. The van der Waals surface area contributed by atoms with Crippen molar-refractivity contribution in [1.82, 2.24) is 18.6 Å². The number of likely N-dealkylation sites (N-methyl/N-ethyl adjacent to an activating group) is 1. The van der Waals surface area contributed by atoms with Crippen molar-refractivity contribution in [2.24, 2.45) is 7.05 Å². The summed E-state index contributed by atoms with van der Waals surface area (Å²) in [6.45, 7) is 3.33. The van der Waals surface area contributed by atoms with E-state index in [1.807, 2.05) is 22.6 Å². The fraction of sp³-hybridized carbons (Fsp3) is 0.310. The normalized spacial score (nSPS) is 13.6. The first kappa shape index (κ1) is 31.4. The highest BCUT2D eigenvalue weighted by Crippen LogP contribution is 2.34. The highest BCUT2D eigenvalue weighted by molar-refractivity contribution is 14.1. The fourth-order valence-electron chi connectivity index (χ4n) is 4.78. The first-order valence-corrected chi connectivity index (χ1v) is 14.2. The van der Waals surface area contributed by atoms with Crippen molar-refractivity contribution < 1.29 is 9.18 Å². The summed E-state index contributed by atoms with van der Waals surface area (Å²) in [4.78, 5) is 55.9. The minimum Gasteiger partial charge on any atom is -0.338 e. The van der Waals surface area contributed by atoms with Gasteiger partial charge in [-0.3, -0.25) is 33.0 Å². The maximum atomic E-state index is 14.9. The van der Waals surface area contributed by atoms with Crippen molar-refractivity contribution in [3.8, 4) is 5.69 Å². The Labute approximate surface area is 260 Å². The number of aryl methyl sites for hydroxylation is 1. The van der Waals surface area contributed by atoms with Gasteiger partial charge in [-0.05, 0) is 99.8 Å². The minimum absolute atomic E-state index is 0. The minimum atomic E-state index is -0.585. The Morgan fingerprint density at radius 1 is 1.10 bits per heavy atom. The first-order chi connectivity index (χ1) is 19.4. The zero-order valence-electron chi connectivity index (χ0n) is 23.7. The molecule has 0 aliphatic heterocycles. The van der Waals surface area contributed by atoms with Crippen LogP contribution in [0.3, 0.4) is 0 Å². The third-order valence-electron chi connectivity index (χ3n) is 7.47. The van der Waals surface area contributed by atoms with Gasteiger partial charge in [0.2, 0.25) is 5.91 Å². The number of nitrogens with zero attached hydrogens (tertiary/aromatic N) is 4. The van der Waals surface area contributed by atoms with Gasteiger partial charge < -0.3 is 10.6 Å². The van der Waals surface area contributed by atoms with Gasteiger partial charge >= 0.3 is 5.69 Å². The SMILES string of the molecule is Cc1c(=O)n(C)c(Nc2ccc(I)cc2F)c2c(=O)n(C3CC3)c(=O)n(-c3cccc(NC(=O)C(C)N(C)C)c3)c12.Cl. The Morgan fingerprint density at radius 3 is 2.40 bits per heavy atom. The molecule has 5 rings (SSSR count). The van der Waals surface area contributed by atoms with Crippen LogP contribution in [-0.2, 0) is 11.8 Å². The van der Waals surface area contributed by atoms with E-state index in [1.54, 1.807) is 63.2 Å². The second kappa shape index (κ2) is 12.0. The van der Waals surface area contributed by atoms with E-state index in [0.717, 1.165) is 0 Å². The number of rotatable bonds is 7. The molecule has 0 bridgehead atoms. The number of carbonyl (C=O) groups is 1. The molecule has 1 aliphatic carbocycles. The Bertz CT molecular complexity index is 1900. The Morgan fingerprint density at radius 2 is 1.79 bits per heavy atom. The number of hydrogen-bond donors (Lipinski definition) is 2. The summed E-state index contributed by atoms with van der Waals surface area (Å²) in [5, 5.41) is 5.91. The molecule has 0 radical (unpaired) electrons. The quantitative estimate of drug-likeness (QED) is 0.278. The van der Waals surface area contributed by atoms with Gasteiger partial charge in [0, 0.05) is 27.9 Å². The zero-order chi connectivity index (χ0) is 29.7. The van der Waals surface area contributed by atoms with Gasteiger partial charge in [-0.25, -0.2) is 9.18 Å². The number of fused-ring (bicyclic) bond motifs is 1. The molecule has 2 aromatic heterocycles. The van der Waals surface area contributed by atoms with Crippen LogP contribution in [0.25, 0.3) is 16.6 Å². The van der Waals surface area contributed by atoms with E-state index in [1.165, 1.54) is 32.9 Å². The third kappa shape index (κ3) is 5.62. The lowest BCUT2D eigenvalue weighted by Gasteiger charge is -2.21. The molecule has 1 saturated carbocycles. The maximum Gasteiger partial charge on any atom is 0.336 e. The van der Waals surface area contributed by atoms with Crippen LogP contribution in [0.2, 0.25) is 0 Å². The van der Waals surface area contributed by atoms with Crippen LogP contribution < -0.4 is 27.4 Å². The van der Waals surface area contributed by atoms with E-state index in [9.17, 15) is 23.6 Å². The summed E-state index contributed by atoms with van der Waals surface area (Å²) in [6, 6.07) is 10.6. The van der Waals surface area contributed by atoms with E-state index in [2.05, 4.69) is 10.6 Å². The van der Waals surface area contributed by atoms with Gasteiger partial charge in [-0.2, -0.15) is 0 Å². The third-order valence-corrected chi connectivity index (χ3v) is 8.14. The highest BCUT2D eigenvalue weighted by Gasteiger charge is 2.31. The van der Waals surface area contributed by atoms with Crippen LogP contribution in [0.1, 0.15) is 31.4 Å². The molecule has 1 unspecified atom stereocenters. The average Bonchev–Trinajstić information content (AvgIpc) is 3.76. The summed E-state index contributed by atoms with van der Waals surface area (Å²) in [5.74, 6) is -0.708. The largest absolute Gasteiger partial charge is 0.338 e. The zero-order valence-corrected chi connectivity index (χ0v) is 26.7. The van der Waals surface area contributed by atoms with Crippen LogP contribution in [0.5, 0.6) is 0 Å². The number of nitrogens with one attached hydrogen (secondary N) is 2. The standard InChI is InChI=1S/C29H30FIN6O4.ClH/c1-15-24-23(25(35(5)27(15)39)33-22-12-9-17(31)13-21(22)30)28(40)37(19-10-11-19)29(41)36(24)20-8-6-7-18(14-20)32-26(38)16(2)34(3)4;/h6-9,12-14,16,19,33H,10-11H2,1-5H3,(H,32,38);1H. The van der Waals surface area contributed by atoms with Crippen molar-refractivity contribution in [3.05, 3.63) is 88.6 Å². The molecule has 4 aromatic rings. The van der Waals surface area contributed by atoms with Crippen molar-refractivity contribution in [1.29, 1.82) is 0 Å². The van der Waals surface area contributed by atoms with E-state index in [-0.39, 0.29) is 52.3 Å². The fourth-order valence-corrected chi connectivity index (χ4v) is 5.23. The lowest BCUT2D eigenvalue weighted by Crippen LogP contribution is -2.41. The number of aromatic nitrogens is 3. The predicted molar refractivity (Wildman–Crippen MR) is 173 cm³/mol. The van der Waals surface area contributed by atoms with Crippen molar-refractivity contribution in [2.75, 3.05) is 24.7 Å². The van der Waals surface area contributed by atoms with E-state index >= 15 is 0 Å². The van der Waals surface area contributed by atoms with Crippen molar-refractivity contribution in [2.45, 2.75) is 38.8 Å². The van der Waals surface area contributed by atoms with Crippen LogP contribution in [0.15, 0.2) is 56.8 Å². The number of halogens is 3. The van der Waals surface area contributed by atoms with Crippen LogP contribution in [0.4, 0.5) is 21.6 Å². The summed E-state index contributed by atoms with van der Waals surface area (Å²) in [5.41, 5.74) is -0.383. The second-order valence-electron chi connectivity index (χ2n) is 10.5. The van der Waals surface area contributed by atoms with E-state index in [0.29, 0.717) is 27.8 Å². The molecular weight excluding hydrogens is 678 g/mol. The topological polar surface area (TPSA) is 110 Å². The second-order valence-corrected chi connectivity index (χ2v) is 11.8. The van der Waals surface area contributed by atoms with Gasteiger partial charge in [0.1, 0.15) is 17.0 Å². The van der Waals surface area contributed by atoms with E-state index in [4.69, 9.17) is 0 Å². The molecule has 13 heteroatoms. The molecule has 0 saturated heterocycles. The molecule has 10 nitrogen and oxygen atoms in total. The maximum absolute atomic E-state index is 14.9. The summed E-state index contributed by atoms with van der Waals surface area (Å²) in [6.07, 6.45) is 1.33. The number of anilines is 3. The number of hydrogen-bond acceptors (Lipinski definition) is 6. The van der Waals surface area contributed by atoms with Crippen LogP contribution >= 0.6 is 35.0 Å². The van der Waals surface area contributed by atoms with Gasteiger partial charge in [-0.15, -0.1) is 12.4 Å². The Hall–Kier alpha value is -3.49. The molecular formula is C29H31ClFIN6O4. The molecule has 1 fully saturated rings. The van der Waals surface area contributed by atoms with Crippen LogP contribution in [0, 0.1) is 16.3 Å². The molecule has 42 heavy (non-hydrogen) atoms. The molecule has 1 atom stereocenters. The van der Waals surface area contributed by atoms with Gasteiger partial charge in [0.25, 0.3) is 11.1 Å². The molecule has 2 N–H and O–H groups in total. The summed E-state index contributed by atoms with van der Waals surface area (Å²) < 4.78 is 19.4. The molecule has 2 heterocycles. The number of benzene rings is 2. The molecule has 1 amide bonds. The average molecular weight is 709 g/mol. The van der Waals surface area contributed by atoms with Gasteiger partial charge in [0.15, 0.2) is 0 Å². The van der Waals surface area contributed by atoms with E-state index < -0.39 is 28.7 Å². The van der Waals surface area contributed by atoms with Crippen LogP contribution in [-0.4, -0.2) is 44.6 Å². The first-order valence-electron chi connectivity index (χ1n) is 13.1. The Balaban J connectivity index is 0.00000405. The number of carbonyl (C=O) groups excluding carboxylic acids is 1.